The lowest BCUT2D eigenvalue weighted by atomic mass is 9.98. The molecule has 2 rings (SSSR count). The summed E-state index contributed by atoms with van der Waals surface area (Å²) in [4.78, 5) is 12.7. The summed E-state index contributed by atoms with van der Waals surface area (Å²) < 4.78 is 33.9. The Balaban J connectivity index is 1.85. The number of aliphatic hydroxyl groups excluding tert-OH is 7. The molecule has 2 aliphatic rings. The number of hydrogen-bond acceptors (Lipinski definition) is 14. The van der Waals surface area contributed by atoms with E-state index in [1.807, 2.05) is 0 Å². The van der Waals surface area contributed by atoms with Gasteiger partial charge in [-0.15, -0.1) is 0 Å². The fourth-order valence-corrected chi connectivity index (χ4v) is 6.28. The second-order valence-electron chi connectivity index (χ2n) is 14.1. The van der Waals surface area contributed by atoms with Crippen LogP contribution in [-0.4, -0.2) is 142 Å². The summed E-state index contributed by atoms with van der Waals surface area (Å²) >= 11 is 0. The maximum Gasteiger partial charge on any atom is 0.306 e. The zero-order valence-corrected chi connectivity index (χ0v) is 31.1. The second kappa shape index (κ2) is 27.6. The third kappa shape index (κ3) is 17.8. The number of carbonyl (C=O) groups excluding carboxylic acids is 1. The van der Waals surface area contributed by atoms with Gasteiger partial charge >= 0.3 is 5.97 Å². The van der Waals surface area contributed by atoms with Gasteiger partial charge in [-0.25, -0.2) is 0 Å². The molecule has 2 fully saturated rings. The highest BCUT2D eigenvalue weighted by molar-refractivity contribution is 5.69. The highest BCUT2D eigenvalue weighted by atomic mass is 16.7. The van der Waals surface area contributed by atoms with Gasteiger partial charge in [0, 0.05) is 13.0 Å². The molecular formula is C37H70O14. The topological polar surface area (TPSA) is 214 Å². The van der Waals surface area contributed by atoms with Gasteiger partial charge < -0.3 is 64.2 Å². The number of carbonyl (C=O) groups is 1. The summed E-state index contributed by atoms with van der Waals surface area (Å²) in [6, 6.07) is 0. The fraction of sp³-hybridized carbons (Fsp3) is 0.973. The van der Waals surface area contributed by atoms with E-state index in [4.69, 9.17) is 28.4 Å². The molecule has 0 bridgehead atoms. The highest BCUT2D eigenvalue weighted by Crippen LogP contribution is 2.26. The lowest BCUT2D eigenvalue weighted by molar-refractivity contribution is -0.332. The molecule has 51 heavy (non-hydrogen) atoms. The Morgan fingerprint density at radius 3 is 1.59 bits per heavy atom. The number of esters is 1. The summed E-state index contributed by atoms with van der Waals surface area (Å²) in [5.74, 6) is -0.385. The summed E-state index contributed by atoms with van der Waals surface area (Å²) in [5, 5.41) is 71.4. The van der Waals surface area contributed by atoms with E-state index >= 15 is 0 Å². The molecule has 7 N–H and O–H groups in total. The molecule has 0 spiro atoms. The summed E-state index contributed by atoms with van der Waals surface area (Å²) in [5.41, 5.74) is 0. The van der Waals surface area contributed by atoms with E-state index in [1.54, 1.807) is 0 Å². The molecule has 0 aromatic rings. The Morgan fingerprint density at radius 2 is 1.04 bits per heavy atom. The quantitative estimate of drug-likeness (QED) is 0.0434. The van der Waals surface area contributed by atoms with Gasteiger partial charge in [0.25, 0.3) is 0 Å². The first-order chi connectivity index (χ1) is 24.6. The molecule has 14 heteroatoms. The van der Waals surface area contributed by atoms with Crippen LogP contribution in [0.15, 0.2) is 0 Å². The van der Waals surface area contributed by atoms with Crippen LogP contribution in [0.2, 0.25) is 0 Å². The van der Waals surface area contributed by atoms with Crippen molar-refractivity contribution in [2.24, 2.45) is 0 Å². The third-order valence-electron chi connectivity index (χ3n) is 9.62. The minimum Gasteiger partial charge on any atom is -0.457 e. The standard InChI is InChI=1S/C37H70O14/c1-3-5-7-9-11-12-13-14-15-17-19-21-46-23-26(49-29(39)20-18-16-10-8-6-4-2)24-47-36-35(45)33(43)31(41)28(51-36)25-48-37-34(44)32(42)30(40)27(22-38)50-37/h26-28,30-38,40-45H,3-25H2,1-2H3. The van der Waals surface area contributed by atoms with Gasteiger partial charge in [-0.2, -0.15) is 0 Å². The number of ether oxygens (including phenoxy) is 6. The maximum atomic E-state index is 12.7. The van der Waals surface area contributed by atoms with E-state index < -0.39 is 80.7 Å². The Kier molecular flexibility index (Phi) is 24.9. The Bertz CT molecular complexity index is 865. The van der Waals surface area contributed by atoms with E-state index in [-0.39, 0.29) is 25.6 Å². The van der Waals surface area contributed by atoms with E-state index in [2.05, 4.69) is 13.8 Å². The molecule has 0 saturated carbocycles. The van der Waals surface area contributed by atoms with Crippen molar-refractivity contribution >= 4 is 5.97 Å². The predicted molar refractivity (Wildman–Crippen MR) is 188 cm³/mol. The van der Waals surface area contributed by atoms with Crippen LogP contribution >= 0.6 is 0 Å². The van der Waals surface area contributed by atoms with Gasteiger partial charge in [0.05, 0.1) is 26.4 Å². The van der Waals surface area contributed by atoms with Crippen LogP contribution in [0.25, 0.3) is 0 Å². The molecule has 14 nitrogen and oxygen atoms in total. The van der Waals surface area contributed by atoms with Crippen molar-refractivity contribution in [2.45, 2.75) is 197 Å². The molecule has 2 aliphatic heterocycles. The van der Waals surface area contributed by atoms with Crippen LogP contribution in [0.4, 0.5) is 0 Å². The zero-order chi connectivity index (χ0) is 37.4. The Hall–Kier alpha value is -1.01. The molecule has 2 saturated heterocycles. The number of rotatable bonds is 29. The molecule has 0 aromatic heterocycles. The zero-order valence-electron chi connectivity index (χ0n) is 31.1. The van der Waals surface area contributed by atoms with Crippen LogP contribution in [0, 0.1) is 0 Å². The average molecular weight is 739 g/mol. The average Bonchev–Trinajstić information content (AvgIpc) is 3.12. The van der Waals surface area contributed by atoms with Gasteiger partial charge in [-0.05, 0) is 12.8 Å². The van der Waals surface area contributed by atoms with Crippen LogP contribution in [-0.2, 0) is 33.2 Å². The largest absolute Gasteiger partial charge is 0.457 e. The molecular weight excluding hydrogens is 668 g/mol. The van der Waals surface area contributed by atoms with Gasteiger partial charge in [0.1, 0.15) is 54.9 Å². The molecule has 0 aromatic carbocycles. The van der Waals surface area contributed by atoms with Gasteiger partial charge in [-0.3, -0.25) is 4.79 Å². The minimum atomic E-state index is -1.70. The lowest BCUT2D eigenvalue weighted by Gasteiger charge is -2.42. The van der Waals surface area contributed by atoms with E-state index in [0.29, 0.717) is 13.0 Å². The van der Waals surface area contributed by atoms with Crippen molar-refractivity contribution in [3.05, 3.63) is 0 Å². The summed E-state index contributed by atoms with van der Waals surface area (Å²) in [7, 11) is 0. The molecule has 11 atom stereocenters. The molecule has 11 unspecified atom stereocenters. The third-order valence-corrected chi connectivity index (χ3v) is 9.62. The minimum absolute atomic E-state index is 0.0671. The first-order valence-electron chi connectivity index (χ1n) is 19.6. The van der Waals surface area contributed by atoms with Crippen LogP contribution < -0.4 is 0 Å². The van der Waals surface area contributed by atoms with Gasteiger partial charge in [0.15, 0.2) is 12.6 Å². The number of hydrogen-bond donors (Lipinski definition) is 7. The van der Waals surface area contributed by atoms with Gasteiger partial charge in [0.2, 0.25) is 0 Å². The first-order valence-corrected chi connectivity index (χ1v) is 19.6. The van der Waals surface area contributed by atoms with Crippen molar-refractivity contribution in [1.82, 2.24) is 0 Å². The predicted octanol–water partition coefficient (Wildman–Crippen LogP) is 2.62. The van der Waals surface area contributed by atoms with Crippen LogP contribution in [0.5, 0.6) is 0 Å². The normalized spacial score (nSPS) is 30.4. The summed E-state index contributed by atoms with van der Waals surface area (Å²) in [6.45, 7) is 3.59. The lowest BCUT2D eigenvalue weighted by Crippen LogP contribution is -2.61. The van der Waals surface area contributed by atoms with Crippen LogP contribution in [0.3, 0.4) is 0 Å². The van der Waals surface area contributed by atoms with Crippen molar-refractivity contribution in [1.29, 1.82) is 0 Å². The molecule has 0 aliphatic carbocycles. The summed E-state index contributed by atoms with van der Waals surface area (Å²) in [6.07, 6.45) is 3.64. The Morgan fingerprint density at radius 1 is 0.569 bits per heavy atom. The monoisotopic (exact) mass is 738 g/mol. The van der Waals surface area contributed by atoms with Crippen LogP contribution in [0.1, 0.15) is 129 Å². The first kappa shape index (κ1) is 46.1. The van der Waals surface area contributed by atoms with Gasteiger partial charge in [-0.1, -0.05) is 110 Å². The number of aliphatic hydroxyl groups is 7. The molecule has 302 valence electrons. The maximum absolute atomic E-state index is 12.7. The Labute approximate surface area is 304 Å². The fourth-order valence-electron chi connectivity index (χ4n) is 6.28. The van der Waals surface area contributed by atoms with E-state index in [1.165, 1.54) is 57.8 Å². The van der Waals surface area contributed by atoms with Crippen molar-refractivity contribution in [2.75, 3.05) is 33.0 Å². The molecule has 0 amide bonds. The molecule has 0 radical (unpaired) electrons. The second-order valence-corrected chi connectivity index (χ2v) is 14.1. The number of unbranched alkanes of at least 4 members (excludes halogenated alkanes) is 15. The smallest absolute Gasteiger partial charge is 0.306 e. The van der Waals surface area contributed by atoms with Crippen molar-refractivity contribution in [3.8, 4) is 0 Å². The highest BCUT2D eigenvalue weighted by Gasteiger charge is 2.47. The van der Waals surface area contributed by atoms with E-state index in [9.17, 15) is 40.5 Å². The van der Waals surface area contributed by atoms with E-state index in [0.717, 1.165) is 44.9 Å². The van der Waals surface area contributed by atoms with Crippen molar-refractivity contribution in [3.63, 3.8) is 0 Å². The SMILES string of the molecule is CCCCCCCCCCCCCOCC(COC1OC(COC2OC(CO)C(O)C(O)C2O)C(O)C(O)C1O)OC(=O)CCCCCCCC. The van der Waals surface area contributed by atoms with Crippen molar-refractivity contribution < 1.29 is 69.0 Å². The molecule has 2 heterocycles.